The molecule has 0 radical (unpaired) electrons. The van der Waals surface area contributed by atoms with E-state index in [0.29, 0.717) is 5.56 Å². The normalized spacial score (nSPS) is 13.6. The van der Waals surface area contributed by atoms with Gasteiger partial charge in [0, 0.05) is 29.4 Å². The third kappa shape index (κ3) is 4.86. The summed E-state index contributed by atoms with van der Waals surface area (Å²) in [7, 11) is 0. The van der Waals surface area contributed by atoms with Crippen LogP contribution in [-0.2, 0) is 17.4 Å². The monoisotopic (exact) mass is 464 g/mol. The molecule has 0 bridgehead atoms. The van der Waals surface area contributed by atoms with Gasteiger partial charge in [-0.2, -0.15) is 13.2 Å². The lowest BCUT2D eigenvalue weighted by molar-refractivity contribution is -0.138. The first kappa shape index (κ1) is 23.6. The number of H-pyrrole nitrogens is 1. The van der Waals surface area contributed by atoms with Crippen molar-refractivity contribution in [1.82, 2.24) is 10.3 Å². The molecule has 0 aliphatic carbocycles. The van der Waals surface area contributed by atoms with E-state index in [1.54, 1.807) is 12.3 Å². The van der Waals surface area contributed by atoms with Crippen molar-refractivity contribution in [3.05, 3.63) is 107 Å². The van der Waals surface area contributed by atoms with Crippen LogP contribution in [0.1, 0.15) is 60.0 Å². The van der Waals surface area contributed by atoms with E-state index in [0.717, 1.165) is 34.5 Å². The molecule has 0 saturated carbocycles. The van der Waals surface area contributed by atoms with E-state index in [1.165, 1.54) is 12.1 Å². The smallest absolute Gasteiger partial charge is 0.361 e. The van der Waals surface area contributed by atoms with Gasteiger partial charge in [-0.3, -0.25) is 4.79 Å². The highest BCUT2D eigenvalue weighted by Crippen LogP contribution is 2.41. The van der Waals surface area contributed by atoms with Crippen LogP contribution in [0.25, 0.3) is 10.9 Å². The van der Waals surface area contributed by atoms with Gasteiger partial charge in [0.1, 0.15) is 0 Å². The number of nitrogens with one attached hydrogen (secondary N) is 2. The minimum atomic E-state index is -4.52. The van der Waals surface area contributed by atoms with Crippen molar-refractivity contribution in [3.63, 3.8) is 0 Å². The van der Waals surface area contributed by atoms with Crippen molar-refractivity contribution in [2.75, 3.05) is 0 Å². The molecule has 3 nitrogen and oxygen atoms in total. The number of carbonyl (C=O) groups is 1. The Morgan fingerprint density at radius 2 is 1.65 bits per heavy atom. The van der Waals surface area contributed by atoms with Gasteiger partial charge in [-0.25, -0.2) is 0 Å². The van der Waals surface area contributed by atoms with Crippen molar-refractivity contribution < 1.29 is 18.0 Å². The molecule has 1 aromatic heterocycles. The zero-order valence-corrected chi connectivity index (χ0v) is 19.1. The summed E-state index contributed by atoms with van der Waals surface area (Å²) >= 11 is 0. The van der Waals surface area contributed by atoms with E-state index in [9.17, 15) is 18.0 Å². The number of rotatable bonds is 7. The Morgan fingerprint density at radius 1 is 0.941 bits per heavy atom. The fourth-order valence-corrected chi connectivity index (χ4v) is 4.58. The summed E-state index contributed by atoms with van der Waals surface area (Å²) in [5.41, 5.74) is 2.97. The molecule has 1 heterocycles. The number of hydrogen-bond donors (Lipinski definition) is 2. The van der Waals surface area contributed by atoms with E-state index in [2.05, 4.69) is 10.3 Å². The second-order valence-electron chi connectivity index (χ2n) is 8.48. The third-order valence-electron chi connectivity index (χ3n) is 6.30. The molecule has 2 atom stereocenters. The Kier molecular flexibility index (Phi) is 6.77. The molecule has 1 amide bonds. The number of para-hydroxylation sites is 1. The number of carbonyl (C=O) groups excluding carboxylic acids is 1. The first-order valence-electron chi connectivity index (χ1n) is 11.4. The number of aromatic amines is 1. The van der Waals surface area contributed by atoms with Crippen LogP contribution in [0.5, 0.6) is 0 Å². The highest BCUT2D eigenvalue weighted by Gasteiger charge is 2.36. The summed E-state index contributed by atoms with van der Waals surface area (Å²) in [6.45, 7) is 3.90. The SMILES string of the molecule is CCc1cccc2c(C(CC(=O)NC(C)c3ccccc3)c3ccccc3C(F)(F)F)c[nH]c12. The van der Waals surface area contributed by atoms with E-state index in [4.69, 9.17) is 0 Å². The molecule has 4 rings (SSSR count). The van der Waals surface area contributed by atoms with Crippen molar-refractivity contribution in [2.24, 2.45) is 0 Å². The van der Waals surface area contributed by atoms with Crippen LogP contribution < -0.4 is 5.32 Å². The van der Waals surface area contributed by atoms with Crippen LogP contribution in [0.15, 0.2) is 79.0 Å². The van der Waals surface area contributed by atoms with E-state index in [1.807, 2.05) is 62.4 Å². The van der Waals surface area contributed by atoms with Crippen LogP contribution >= 0.6 is 0 Å². The molecule has 4 aromatic rings. The largest absolute Gasteiger partial charge is 0.416 e. The topological polar surface area (TPSA) is 44.9 Å². The van der Waals surface area contributed by atoms with Gasteiger partial charge in [-0.05, 0) is 41.7 Å². The highest BCUT2D eigenvalue weighted by molar-refractivity contribution is 5.88. The van der Waals surface area contributed by atoms with Crippen molar-refractivity contribution in [3.8, 4) is 0 Å². The van der Waals surface area contributed by atoms with Gasteiger partial charge >= 0.3 is 6.18 Å². The molecule has 3 aromatic carbocycles. The Bertz CT molecular complexity index is 1280. The lowest BCUT2D eigenvalue weighted by Crippen LogP contribution is -2.28. The summed E-state index contributed by atoms with van der Waals surface area (Å²) in [6, 6.07) is 20.6. The lowest BCUT2D eigenvalue weighted by atomic mass is 9.84. The average Bonchev–Trinajstić information content (AvgIpc) is 3.26. The number of halogens is 3. The van der Waals surface area contributed by atoms with E-state index < -0.39 is 17.7 Å². The Balaban J connectivity index is 1.75. The Labute approximate surface area is 197 Å². The zero-order chi connectivity index (χ0) is 24.3. The minimum absolute atomic E-state index is 0.0975. The van der Waals surface area contributed by atoms with Gasteiger partial charge < -0.3 is 10.3 Å². The summed E-state index contributed by atoms with van der Waals surface area (Å²) < 4.78 is 41.8. The molecule has 176 valence electrons. The average molecular weight is 465 g/mol. The molecule has 34 heavy (non-hydrogen) atoms. The highest BCUT2D eigenvalue weighted by atomic mass is 19.4. The fourth-order valence-electron chi connectivity index (χ4n) is 4.58. The second-order valence-corrected chi connectivity index (χ2v) is 8.48. The van der Waals surface area contributed by atoms with Crippen molar-refractivity contribution >= 4 is 16.8 Å². The van der Waals surface area contributed by atoms with Gasteiger partial charge in [-0.1, -0.05) is 73.7 Å². The van der Waals surface area contributed by atoms with Crippen molar-refractivity contribution in [1.29, 1.82) is 0 Å². The van der Waals surface area contributed by atoms with Gasteiger partial charge in [-0.15, -0.1) is 0 Å². The number of aromatic nitrogens is 1. The van der Waals surface area contributed by atoms with E-state index >= 15 is 0 Å². The maximum Gasteiger partial charge on any atom is 0.416 e. The summed E-state index contributed by atoms with van der Waals surface area (Å²) in [5.74, 6) is -1.07. The molecule has 0 aliphatic heterocycles. The summed E-state index contributed by atoms with van der Waals surface area (Å²) in [4.78, 5) is 16.4. The van der Waals surface area contributed by atoms with Gasteiger partial charge in [0.2, 0.25) is 5.91 Å². The van der Waals surface area contributed by atoms with Gasteiger partial charge in [0.05, 0.1) is 11.6 Å². The molecule has 0 fully saturated rings. The molecular formula is C28H27F3N2O. The molecule has 2 unspecified atom stereocenters. The second kappa shape index (κ2) is 9.75. The number of alkyl halides is 3. The number of fused-ring (bicyclic) bond motifs is 1. The van der Waals surface area contributed by atoms with Crippen LogP contribution in [0.3, 0.4) is 0 Å². The van der Waals surface area contributed by atoms with E-state index in [-0.39, 0.29) is 23.9 Å². The Hall–Kier alpha value is -3.54. The van der Waals surface area contributed by atoms with Crippen LogP contribution in [-0.4, -0.2) is 10.9 Å². The molecule has 2 N–H and O–H groups in total. The molecule has 0 spiro atoms. The summed E-state index contributed by atoms with van der Waals surface area (Å²) in [6.07, 6.45) is -2.09. The first-order chi connectivity index (χ1) is 16.3. The minimum Gasteiger partial charge on any atom is -0.361 e. The van der Waals surface area contributed by atoms with Gasteiger partial charge in [0.15, 0.2) is 0 Å². The number of hydrogen-bond acceptors (Lipinski definition) is 1. The summed E-state index contributed by atoms with van der Waals surface area (Å²) in [5, 5.41) is 3.79. The molecular weight excluding hydrogens is 437 g/mol. The number of benzene rings is 3. The Morgan fingerprint density at radius 3 is 2.35 bits per heavy atom. The molecule has 6 heteroatoms. The maximum atomic E-state index is 13.9. The fraction of sp³-hybridized carbons (Fsp3) is 0.250. The maximum absolute atomic E-state index is 13.9. The van der Waals surface area contributed by atoms with Gasteiger partial charge in [0.25, 0.3) is 0 Å². The third-order valence-corrected chi connectivity index (χ3v) is 6.30. The van der Waals surface area contributed by atoms with Crippen LogP contribution in [0.2, 0.25) is 0 Å². The van der Waals surface area contributed by atoms with Crippen LogP contribution in [0.4, 0.5) is 13.2 Å². The predicted molar refractivity (Wildman–Crippen MR) is 129 cm³/mol. The van der Waals surface area contributed by atoms with Crippen molar-refractivity contribution in [2.45, 2.75) is 44.8 Å². The number of aryl methyl sites for hydroxylation is 1. The van der Waals surface area contributed by atoms with Crippen LogP contribution in [0, 0.1) is 0 Å². The lowest BCUT2D eigenvalue weighted by Gasteiger charge is -2.23. The molecule has 0 saturated heterocycles. The zero-order valence-electron chi connectivity index (χ0n) is 19.1. The standard InChI is InChI=1S/C28H27F3N2O/c1-3-19-12-9-14-22-24(17-32-27(19)22)23(21-13-7-8-15-25(21)28(29,30)31)16-26(34)33-18(2)20-10-5-4-6-11-20/h4-15,17-18,23,32H,3,16H2,1-2H3,(H,33,34). The predicted octanol–water partition coefficient (Wildman–Crippen LogP) is 7.15. The number of amides is 1. The quantitative estimate of drug-likeness (QED) is 0.300. The first-order valence-corrected chi connectivity index (χ1v) is 11.4. The molecule has 0 aliphatic rings.